The van der Waals surface area contributed by atoms with Crippen LogP contribution >= 0.6 is 24.0 Å². The lowest BCUT2D eigenvalue weighted by Gasteiger charge is -2.36. The standard InChI is InChI=1S/C14H20N2O2S2/c1-17-8-7-16-10-15(11-20-14(16)19)9-12-3-5-13(18-2)6-4-12/h3-6H,7-11H2,1-2H3. The third-order valence-electron chi connectivity index (χ3n) is 3.13. The second-order valence-electron chi connectivity index (χ2n) is 4.61. The molecule has 1 heterocycles. The SMILES string of the molecule is COCCN1CN(Cc2ccc(OC)cc2)CSC1=S. The van der Waals surface area contributed by atoms with E-state index in [1.54, 1.807) is 26.0 Å². The molecule has 0 aliphatic carbocycles. The Morgan fingerprint density at radius 3 is 2.65 bits per heavy atom. The van der Waals surface area contributed by atoms with Gasteiger partial charge in [0, 0.05) is 20.2 Å². The number of rotatable bonds is 6. The Morgan fingerprint density at radius 1 is 1.25 bits per heavy atom. The fourth-order valence-electron chi connectivity index (χ4n) is 2.03. The van der Waals surface area contributed by atoms with Crippen molar-refractivity contribution in [3.05, 3.63) is 29.8 Å². The highest BCUT2D eigenvalue weighted by atomic mass is 32.2. The van der Waals surface area contributed by atoms with Crippen LogP contribution in [0.4, 0.5) is 0 Å². The van der Waals surface area contributed by atoms with Crippen molar-refractivity contribution < 1.29 is 9.47 Å². The van der Waals surface area contributed by atoms with Crippen LogP contribution in [0.3, 0.4) is 0 Å². The number of thioether (sulfide) groups is 1. The smallest absolute Gasteiger partial charge is 0.138 e. The summed E-state index contributed by atoms with van der Waals surface area (Å²) >= 11 is 7.10. The molecule has 0 N–H and O–H groups in total. The van der Waals surface area contributed by atoms with Crippen LogP contribution in [0.1, 0.15) is 5.56 Å². The Hall–Kier alpha value is -0.820. The predicted molar refractivity (Wildman–Crippen MR) is 87.0 cm³/mol. The number of nitrogens with zero attached hydrogens (tertiary/aromatic N) is 2. The zero-order chi connectivity index (χ0) is 14.4. The van der Waals surface area contributed by atoms with Gasteiger partial charge in [-0.05, 0) is 17.7 Å². The van der Waals surface area contributed by atoms with Gasteiger partial charge in [0.2, 0.25) is 0 Å². The van der Waals surface area contributed by atoms with Crippen molar-refractivity contribution in [2.24, 2.45) is 0 Å². The molecule has 0 bridgehead atoms. The van der Waals surface area contributed by atoms with Gasteiger partial charge < -0.3 is 14.4 Å². The van der Waals surface area contributed by atoms with Gasteiger partial charge in [-0.3, -0.25) is 4.90 Å². The molecule has 6 heteroatoms. The first-order valence-electron chi connectivity index (χ1n) is 6.49. The normalized spacial score (nSPS) is 16.5. The van der Waals surface area contributed by atoms with Crippen molar-refractivity contribution in [1.82, 2.24) is 9.80 Å². The molecule has 0 radical (unpaired) electrons. The number of hydrogen-bond donors (Lipinski definition) is 0. The number of ether oxygens (including phenoxy) is 2. The molecule has 1 saturated heterocycles. The molecule has 0 saturated carbocycles. The van der Waals surface area contributed by atoms with E-state index in [0.29, 0.717) is 6.61 Å². The summed E-state index contributed by atoms with van der Waals surface area (Å²) in [4.78, 5) is 4.56. The van der Waals surface area contributed by atoms with Crippen LogP contribution in [0.15, 0.2) is 24.3 Å². The van der Waals surface area contributed by atoms with E-state index in [1.165, 1.54) is 5.56 Å². The van der Waals surface area contributed by atoms with Crippen molar-refractivity contribution in [1.29, 1.82) is 0 Å². The molecule has 1 aliphatic heterocycles. The van der Waals surface area contributed by atoms with E-state index in [2.05, 4.69) is 21.9 Å². The summed E-state index contributed by atoms with van der Waals surface area (Å²) in [6, 6.07) is 8.21. The number of thiocarbonyl (C=S) groups is 1. The molecule has 2 rings (SSSR count). The fourth-order valence-corrected chi connectivity index (χ4v) is 3.13. The van der Waals surface area contributed by atoms with Crippen LogP contribution in [-0.4, -0.2) is 54.0 Å². The van der Waals surface area contributed by atoms with Gasteiger partial charge in [0.25, 0.3) is 0 Å². The van der Waals surface area contributed by atoms with Crippen molar-refractivity contribution in [2.75, 3.05) is 39.9 Å². The third kappa shape index (κ3) is 4.34. The summed E-state index contributed by atoms with van der Waals surface area (Å²) in [5.74, 6) is 1.83. The number of benzene rings is 1. The predicted octanol–water partition coefficient (Wildman–Crippen LogP) is 2.39. The molecule has 1 aromatic carbocycles. The zero-order valence-electron chi connectivity index (χ0n) is 11.9. The molecule has 0 amide bonds. The highest BCUT2D eigenvalue weighted by molar-refractivity contribution is 8.22. The third-order valence-corrected chi connectivity index (χ3v) is 4.74. The monoisotopic (exact) mass is 312 g/mol. The van der Waals surface area contributed by atoms with Crippen molar-refractivity contribution in [2.45, 2.75) is 6.54 Å². The van der Waals surface area contributed by atoms with Gasteiger partial charge in [0.1, 0.15) is 10.1 Å². The maximum atomic E-state index is 5.38. The zero-order valence-corrected chi connectivity index (χ0v) is 13.5. The van der Waals surface area contributed by atoms with Gasteiger partial charge in [-0.2, -0.15) is 0 Å². The van der Waals surface area contributed by atoms with Crippen molar-refractivity contribution >= 4 is 28.3 Å². The largest absolute Gasteiger partial charge is 0.497 e. The molecule has 0 atom stereocenters. The summed E-state index contributed by atoms with van der Waals surface area (Å²) in [5.41, 5.74) is 1.28. The van der Waals surface area contributed by atoms with Gasteiger partial charge in [0.15, 0.2) is 0 Å². The fraction of sp³-hybridized carbons (Fsp3) is 0.500. The molecule has 1 fully saturated rings. The minimum absolute atomic E-state index is 0.705. The maximum absolute atomic E-state index is 5.38. The highest BCUT2D eigenvalue weighted by Crippen LogP contribution is 2.21. The average molecular weight is 312 g/mol. The lowest BCUT2D eigenvalue weighted by atomic mass is 10.2. The molecule has 0 aromatic heterocycles. The van der Waals surface area contributed by atoms with E-state index in [4.69, 9.17) is 21.7 Å². The molecule has 1 aromatic rings. The van der Waals surface area contributed by atoms with E-state index >= 15 is 0 Å². The van der Waals surface area contributed by atoms with Crippen LogP contribution in [0, 0.1) is 0 Å². The van der Waals surface area contributed by atoms with Crippen LogP contribution in [0.5, 0.6) is 5.75 Å². The first-order chi connectivity index (χ1) is 9.72. The van der Waals surface area contributed by atoms with Gasteiger partial charge in [0.05, 0.1) is 26.3 Å². The van der Waals surface area contributed by atoms with Crippen LogP contribution in [-0.2, 0) is 11.3 Å². The van der Waals surface area contributed by atoms with Gasteiger partial charge in [-0.1, -0.05) is 36.1 Å². The van der Waals surface area contributed by atoms with Crippen LogP contribution in [0.2, 0.25) is 0 Å². The Labute approximate surface area is 130 Å². The molecule has 110 valence electrons. The van der Waals surface area contributed by atoms with Gasteiger partial charge in [-0.15, -0.1) is 0 Å². The van der Waals surface area contributed by atoms with E-state index in [9.17, 15) is 0 Å². The molecule has 0 unspecified atom stereocenters. The second-order valence-corrected chi connectivity index (χ2v) is 6.19. The van der Waals surface area contributed by atoms with E-state index in [0.717, 1.165) is 35.7 Å². The average Bonchev–Trinajstić information content (AvgIpc) is 2.48. The topological polar surface area (TPSA) is 24.9 Å². The molecule has 0 spiro atoms. The summed E-state index contributed by atoms with van der Waals surface area (Å²) < 4.78 is 11.3. The van der Waals surface area contributed by atoms with E-state index in [1.807, 2.05) is 12.1 Å². The quantitative estimate of drug-likeness (QED) is 0.748. The minimum Gasteiger partial charge on any atom is -0.497 e. The minimum atomic E-state index is 0.705. The van der Waals surface area contributed by atoms with E-state index in [-0.39, 0.29) is 0 Å². The van der Waals surface area contributed by atoms with Crippen molar-refractivity contribution in [3.8, 4) is 5.75 Å². The molecular formula is C14H20N2O2S2. The van der Waals surface area contributed by atoms with Crippen molar-refractivity contribution in [3.63, 3.8) is 0 Å². The summed E-state index contributed by atoms with van der Waals surface area (Å²) in [6.07, 6.45) is 0. The van der Waals surface area contributed by atoms with E-state index < -0.39 is 0 Å². The highest BCUT2D eigenvalue weighted by Gasteiger charge is 2.21. The first-order valence-corrected chi connectivity index (χ1v) is 7.88. The van der Waals surface area contributed by atoms with Gasteiger partial charge >= 0.3 is 0 Å². The molecule has 1 aliphatic rings. The van der Waals surface area contributed by atoms with Gasteiger partial charge in [-0.25, -0.2) is 0 Å². The lowest BCUT2D eigenvalue weighted by molar-refractivity contribution is 0.144. The Balaban J connectivity index is 1.90. The Morgan fingerprint density at radius 2 is 2.00 bits per heavy atom. The molecule has 20 heavy (non-hydrogen) atoms. The first kappa shape index (κ1) is 15.6. The molecule has 4 nitrogen and oxygen atoms in total. The Kier molecular flexibility index (Phi) is 6.09. The molecular weight excluding hydrogens is 292 g/mol. The van der Waals surface area contributed by atoms with Crippen LogP contribution in [0.25, 0.3) is 0 Å². The lowest BCUT2D eigenvalue weighted by Crippen LogP contribution is -2.45. The van der Waals surface area contributed by atoms with Crippen LogP contribution < -0.4 is 4.74 Å². The number of methoxy groups -OCH3 is 2. The number of hydrogen-bond acceptors (Lipinski definition) is 5. The summed E-state index contributed by atoms with van der Waals surface area (Å²) in [6.45, 7) is 3.34. The maximum Gasteiger partial charge on any atom is 0.138 e. The summed E-state index contributed by atoms with van der Waals surface area (Å²) in [7, 11) is 3.40. The Bertz CT molecular complexity index is 439. The summed E-state index contributed by atoms with van der Waals surface area (Å²) in [5, 5.41) is 0. The second kappa shape index (κ2) is 7.83.